The van der Waals surface area contributed by atoms with Crippen LogP contribution in [0.1, 0.15) is 67.6 Å². The van der Waals surface area contributed by atoms with Crippen LogP contribution in [-0.4, -0.2) is 44.2 Å². The van der Waals surface area contributed by atoms with Crippen LogP contribution in [-0.2, 0) is 22.4 Å². The van der Waals surface area contributed by atoms with Gasteiger partial charge in [-0.15, -0.1) is 0 Å². The molecule has 2 aliphatic rings. The van der Waals surface area contributed by atoms with E-state index in [1.54, 1.807) is 40.4 Å². The first-order valence-corrected chi connectivity index (χ1v) is 15.7. The van der Waals surface area contributed by atoms with Crippen LogP contribution in [0.4, 0.5) is 5.69 Å². The summed E-state index contributed by atoms with van der Waals surface area (Å²) in [5, 5.41) is 10.6. The van der Waals surface area contributed by atoms with Crippen molar-refractivity contribution in [3.8, 4) is 28.4 Å². The Kier molecular flexibility index (Phi) is 8.62. The van der Waals surface area contributed by atoms with Crippen molar-refractivity contribution in [2.24, 2.45) is 0 Å². The monoisotopic (exact) mass is 624 g/mol. The maximum atomic E-state index is 13.7. The minimum Gasteiger partial charge on any atom is -0.493 e. The first-order chi connectivity index (χ1) is 22.2. The highest BCUT2D eigenvalue weighted by Gasteiger charge is 2.30. The summed E-state index contributed by atoms with van der Waals surface area (Å²) in [6.45, 7) is 3.21. The van der Waals surface area contributed by atoms with Gasteiger partial charge in [-0.05, 0) is 85.5 Å². The van der Waals surface area contributed by atoms with Crippen molar-refractivity contribution in [1.82, 2.24) is 15.6 Å². The van der Waals surface area contributed by atoms with E-state index in [1.165, 1.54) is 17.9 Å². The number of hydrogen-bond donors (Lipinski definition) is 4. The molecule has 0 fully saturated rings. The van der Waals surface area contributed by atoms with Crippen LogP contribution in [0.5, 0.6) is 17.2 Å². The van der Waals surface area contributed by atoms with E-state index in [1.807, 2.05) is 24.3 Å². The standard InChI is InChI=1S/C36H40N4O6/c1-19(36(43)40-29-12-8-10-24-22-9-6-7-11-26(22)39-33(24)29)37-28-16-14-23-25(18-30(28)42)27(38-20(2)41)15-13-21-17-31(44-3)34(45-4)35(46-5)32(21)23/h6-7,9,11,14,16-19,27,29,39H,8,10,12-13,15H2,1-5H3,(H,37,42)(H,38,41)(H,40,43)/t19-,27-,29+/m0/s1. The van der Waals surface area contributed by atoms with Crippen molar-refractivity contribution >= 4 is 28.4 Å². The number of rotatable bonds is 8. The average molecular weight is 625 g/mol. The van der Waals surface area contributed by atoms with Gasteiger partial charge in [-0.3, -0.25) is 14.4 Å². The maximum Gasteiger partial charge on any atom is 0.242 e. The molecule has 0 aliphatic heterocycles. The van der Waals surface area contributed by atoms with E-state index in [9.17, 15) is 14.4 Å². The molecule has 1 heterocycles. The first-order valence-electron chi connectivity index (χ1n) is 15.7. The van der Waals surface area contributed by atoms with Crippen LogP contribution in [0, 0.1) is 0 Å². The highest BCUT2D eigenvalue weighted by molar-refractivity contribution is 5.88. The lowest BCUT2D eigenvalue weighted by molar-refractivity contribution is -0.122. The molecule has 46 heavy (non-hydrogen) atoms. The van der Waals surface area contributed by atoms with Gasteiger partial charge in [-0.1, -0.05) is 24.3 Å². The van der Waals surface area contributed by atoms with Gasteiger partial charge in [0.25, 0.3) is 0 Å². The quantitative estimate of drug-likeness (QED) is 0.208. The molecule has 0 bridgehead atoms. The number of amides is 2. The summed E-state index contributed by atoms with van der Waals surface area (Å²) in [7, 11) is 4.68. The van der Waals surface area contributed by atoms with Crippen molar-refractivity contribution in [3.05, 3.63) is 81.1 Å². The predicted octanol–water partition coefficient (Wildman–Crippen LogP) is 5.34. The molecular formula is C36H40N4O6. The Morgan fingerprint density at radius 3 is 2.43 bits per heavy atom. The van der Waals surface area contributed by atoms with Crippen molar-refractivity contribution in [3.63, 3.8) is 0 Å². The largest absolute Gasteiger partial charge is 0.493 e. The molecule has 4 N–H and O–H groups in total. The van der Waals surface area contributed by atoms with Gasteiger partial charge in [0.05, 0.1) is 39.1 Å². The molecule has 6 rings (SSSR count). The summed E-state index contributed by atoms with van der Waals surface area (Å²) in [6, 6.07) is 13.9. The third-order valence-electron chi connectivity index (χ3n) is 9.11. The molecule has 3 atom stereocenters. The molecule has 2 aliphatic carbocycles. The fraction of sp³-hybridized carbons (Fsp3) is 0.361. The minimum atomic E-state index is -0.693. The molecule has 0 radical (unpaired) electrons. The smallest absolute Gasteiger partial charge is 0.242 e. The summed E-state index contributed by atoms with van der Waals surface area (Å²) in [6.07, 6.45) is 3.93. The number of H-pyrrole nitrogens is 1. The summed E-state index contributed by atoms with van der Waals surface area (Å²) in [4.78, 5) is 43.0. The van der Waals surface area contributed by atoms with E-state index in [0.717, 1.165) is 47.2 Å². The zero-order chi connectivity index (χ0) is 32.5. The lowest BCUT2D eigenvalue weighted by atomic mass is 9.91. The molecule has 0 saturated carbocycles. The van der Waals surface area contributed by atoms with E-state index in [0.29, 0.717) is 35.7 Å². The first kappa shape index (κ1) is 31.0. The van der Waals surface area contributed by atoms with Crippen LogP contribution >= 0.6 is 0 Å². The fourth-order valence-corrected chi connectivity index (χ4v) is 6.98. The SMILES string of the molecule is COc1cc2c(c(OC)c1OC)-c1ccc(N[C@@H](C)C(=O)N[C@@H]3CCCc4c3[nH]c3ccccc43)c(=O)cc1[C@@H](NC(C)=O)CC2. The zero-order valence-electron chi connectivity index (χ0n) is 26.8. The lowest BCUT2D eigenvalue weighted by Crippen LogP contribution is -2.41. The van der Waals surface area contributed by atoms with Gasteiger partial charge in [-0.2, -0.15) is 0 Å². The Hall–Kier alpha value is -4.99. The molecule has 2 amide bonds. The van der Waals surface area contributed by atoms with Gasteiger partial charge in [0.2, 0.25) is 23.0 Å². The lowest BCUT2D eigenvalue weighted by Gasteiger charge is -2.25. The molecule has 1 aromatic heterocycles. The number of benzene rings is 2. The van der Waals surface area contributed by atoms with E-state index in [-0.39, 0.29) is 29.0 Å². The highest BCUT2D eigenvalue weighted by Crippen LogP contribution is 2.50. The number of hydrogen-bond acceptors (Lipinski definition) is 7. The van der Waals surface area contributed by atoms with Crippen LogP contribution in [0.25, 0.3) is 22.0 Å². The Morgan fingerprint density at radius 1 is 0.913 bits per heavy atom. The van der Waals surface area contributed by atoms with E-state index in [4.69, 9.17) is 14.2 Å². The van der Waals surface area contributed by atoms with Crippen LogP contribution in [0.3, 0.4) is 0 Å². The number of aromatic amines is 1. The molecule has 10 heteroatoms. The Bertz CT molecular complexity index is 1880. The van der Waals surface area contributed by atoms with E-state index < -0.39 is 12.1 Å². The number of anilines is 1. The van der Waals surface area contributed by atoms with Crippen LogP contribution in [0.15, 0.2) is 53.3 Å². The van der Waals surface area contributed by atoms with Gasteiger partial charge in [0, 0.05) is 29.1 Å². The Morgan fingerprint density at radius 2 is 1.70 bits per heavy atom. The number of ether oxygens (including phenoxy) is 3. The van der Waals surface area contributed by atoms with Gasteiger partial charge in [0.15, 0.2) is 11.5 Å². The fourth-order valence-electron chi connectivity index (χ4n) is 6.98. The number of aryl methyl sites for hydroxylation is 2. The second kappa shape index (κ2) is 12.8. The third kappa shape index (κ3) is 5.63. The molecule has 0 spiro atoms. The van der Waals surface area contributed by atoms with Crippen molar-refractivity contribution in [2.75, 3.05) is 26.6 Å². The molecule has 10 nitrogen and oxygen atoms in total. The summed E-state index contributed by atoms with van der Waals surface area (Å²) in [5.41, 5.74) is 6.43. The number of carbonyl (C=O) groups excluding carboxylic acids is 2. The normalized spacial score (nSPS) is 17.4. The van der Waals surface area contributed by atoms with Crippen molar-refractivity contribution < 1.29 is 23.8 Å². The summed E-state index contributed by atoms with van der Waals surface area (Å²) in [5.74, 6) is 1.04. The molecule has 4 aromatic rings. The number of aromatic nitrogens is 1. The van der Waals surface area contributed by atoms with E-state index >= 15 is 0 Å². The van der Waals surface area contributed by atoms with Gasteiger partial charge >= 0.3 is 0 Å². The molecule has 240 valence electrons. The van der Waals surface area contributed by atoms with Gasteiger partial charge in [0.1, 0.15) is 6.04 Å². The van der Waals surface area contributed by atoms with Crippen LogP contribution < -0.4 is 35.6 Å². The molecule has 0 unspecified atom stereocenters. The number of carbonyl (C=O) groups is 2. The second-order valence-corrected chi connectivity index (χ2v) is 12.0. The van der Waals surface area contributed by atoms with E-state index in [2.05, 4.69) is 33.1 Å². The Balaban J connectivity index is 1.34. The van der Waals surface area contributed by atoms with Gasteiger partial charge in [-0.25, -0.2) is 0 Å². The average Bonchev–Trinajstić information content (AvgIpc) is 3.28. The number of para-hydroxylation sites is 1. The van der Waals surface area contributed by atoms with Crippen molar-refractivity contribution in [2.45, 2.75) is 64.1 Å². The summed E-state index contributed by atoms with van der Waals surface area (Å²) < 4.78 is 17.2. The van der Waals surface area contributed by atoms with Crippen molar-refractivity contribution in [1.29, 1.82) is 0 Å². The number of nitrogens with one attached hydrogen (secondary N) is 4. The maximum absolute atomic E-state index is 13.7. The predicted molar refractivity (Wildman–Crippen MR) is 178 cm³/mol. The topological polar surface area (TPSA) is 131 Å². The molecule has 0 saturated heterocycles. The molecule has 3 aromatic carbocycles. The highest BCUT2D eigenvalue weighted by atomic mass is 16.5. The zero-order valence-corrected chi connectivity index (χ0v) is 26.8. The molecular weight excluding hydrogens is 584 g/mol. The summed E-state index contributed by atoms with van der Waals surface area (Å²) >= 11 is 0. The Labute approximate surface area is 267 Å². The second-order valence-electron chi connectivity index (χ2n) is 12.0. The number of methoxy groups -OCH3 is 3. The number of fused-ring (bicyclic) bond motifs is 6. The van der Waals surface area contributed by atoms with Gasteiger partial charge < -0.3 is 35.1 Å². The third-order valence-corrected chi connectivity index (χ3v) is 9.11. The van der Waals surface area contributed by atoms with Crippen LogP contribution in [0.2, 0.25) is 0 Å². The minimum absolute atomic E-state index is 0.142.